The van der Waals surface area contributed by atoms with E-state index in [0.717, 1.165) is 33.7 Å². The molecule has 46 heavy (non-hydrogen) atoms. The lowest BCUT2D eigenvalue weighted by atomic mass is 10.0. The highest BCUT2D eigenvalue weighted by molar-refractivity contribution is 6.22. The van der Waals surface area contributed by atoms with E-state index in [0.29, 0.717) is 0 Å². The first-order chi connectivity index (χ1) is 22.8. The third kappa shape index (κ3) is 3.57. The summed E-state index contributed by atoms with van der Waals surface area (Å²) in [6, 6.07) is 58.8. The van der Waals surface area contributed by atoms with Gasteiger partial charge in [0.2, 0.25) is 0 Å². The van der Waals surface area contributed by atoms with Crippen LogP contribution in [0.15, 0.2) is 164 Å². The summed E-state index contributed by atoms with van der Waals surface area (Å²) in [6.45, 7) is 0. The van der Waals surface area contributed by atoms with Crippen LogP contribution in [0.5, 0.6) is 0 Å². The molecule has 0 aliphatic rings. The monoisotopic (exact) mass is 585 g/mol. The number of pyridine rings is 2. The summed E-state index contributed by atoms with van der Waals surface area (Å²) in [5, 5.41) is 7.42. The second kappa shape index (κ2) is 9.65. The Morgan fingerprint density at radius 2 is 0.957 bits per heavy atom. The van der Waals surface area contributed by atoms with E-state index in [-0.39, 0.29) is 0 Å². The average Bonchev–Trinajstić information content (AvgIpc) is 3.69. The van der Waals surface area contributed by atoms with Gasteiger partial charge in [-0.05, 0) is 46.8 Å². The third-order valence-electron chi connectivity index (χ3n) is 9.45. The summed E-state index contributed by atoms with van der Waals surface area (Å²) in [4.78, 5) is 5.41. The van der Waals surface area contributed by atoms with Gasteiger partial charge in [0.05, 0.1) is 33.3 Å². The number of nitrogens with zero attached hydrogens (tertiary/aromatic N) is 3. The van der Waals surface area contributed by atoms with Crippen molar-refractivity contribution in [3.8, 4) is 28.2 Å². The Kier molecular flexibility index (Phi) is 5.28. The predicted molar refractivity (Wildman–Crippen MR) is 193 cm³/mol. The molecule has 4 heterocycles. The van der Waals surface area contributed by atoms with Crippen LogP contribution < -0.4 is 0 Å². The van der Waals surface area contributed by atoms with Crippen LogP contribution in [-0.2, 0) is 0 Å². The largest absolute Gasteiger partial charge is 0.307 e. The highest BCUT2D eigenvalue weighted by Gasteiger charge is 2.21. The maximum Gasteiger partial charge on any atom is 0.138 e. The first kappa shape index (κ1) is 25.2. The number of fused-ring (bicyclic) bond motifs is 12. The van der Waals surface area contributed by atoms with Gasteiger partial charge in [-0.25, -0.2) is 4.98 Å². The second-order valence-electron chi connectivity index (χ2n) is 12.0. The van der Waals surface area contributed by atoms with Gasteiger partial charge >= 0.3 is 0 Å². The van der Waals surface area contributed by atoms with Crippen LogP contribution in [0, 0.1) is 0 Å². The Balaban J connectivity index is 1.42. The first-order valence-corrected chi connectivity index (χ1v) is 15.7. The van der Waals surface area contributed by atoms with Crippen molar-refractivity contribution >= 4 is 59.9 Å². The average molecular weight is 586 g/mol. The molecular formula is C43H27N3. The molecule has 0 aliphatic carbocycles. The van der Waals surface area contributed by atoms with E-state index in [2.05, 4.69) is 173 Å². The van der Waals surface area contributed by atoms with Gasteiger partial charge in [-0.3, -0.25) is 4.57 Å². The minimum absolute atomic E-state index is 0.902. The first-order valence-electron chi connectivity index (χ1n) is 15.7. The summed E-state index contributed by atoms with van der Waals surface area (Å²) in [5.74, 6) is 0.902. The van der Waals surface area contributed by atoms with Crippen molar-refractivity contribution in [2.24, 2.45) is 0 Å². The van der Waals surface area contributed by atoms with E-state index < -0.39 is 0 Å². The minimum atomic E-state index is 0.902. The van der Waals surface area contributed by atoms with Gasteiger partial charge in [0, 0.05) is 32.5 Å². The van der Waals surface area contributed by atoms with Crippen molar-refractivity contribution in [1.29, 1.82) is 0 Å². The zero-order valence-electron chi connectivity index (χ0n) is 24.9. The predicted octanol–water partition coefficient (Wildman–Crippen LogP) is 11.2. The van der Waals surface area contributed by atoms with E-state index in [4.69, 9.17) is 4.98 Å². The molecular weight excluding hydrogens is 558 g/mol. The fraction of sp³-hybridized carbons (Fsp3) is 0. The Morgan fingerprint density at radius 3 is 1.70 bits per heavy atom. The highest BCUT2D eigenvalue weighted by Crippen LogP contribution is 2.41. The van der Waals surface area contributed by atoms with E-state index in [1.54, 1.807) is 0 Å². The van der Waals surface area contributed by atoms with Crippen molar-refractivity contribution in [3.05, 3.63) is 164 Å². The summed E-state index contributed by atoms with van der Waals surface area (Å²) >= 11 is 0. The molecule has 10 aromatic rings. The number of benzene rings is 6. The fourth-order valence-electron chi connectivity index (χ4n) is 7.45. The molecule has 6 aromatic carbocycles. The van der Waals surface area contributed by atoms with Crippen LogP contribution in [-0.4, -0.2) is 14.0 Å². The Hall–Kier alpha value is -6.19. The number of rotatable bonds is 3. The van der Waals surface area contributed by atoms with Gasteiger partial charge < -0.3 is 4.40 Å². The van der Waals surface area contributed by atoms with Crippen molar-refractivity contribution in [2.45, 2.75) is 0 Å². The zero-order valence-corrected chi connectivity index (χ0v) is 24.9. The Morgan fingerprint density at radius 1 is 0.370 bits per heavy atom. The zero-order chi connectivity index (χ0) is 30.2. The molecule has 0 saturated heterocycles. The number of para-hydroxylation sites is 2. The molecule has 3 nitrogen and oxygen atoms in total. The standard InChI is InChI=1S/C43H27N3/c1-3-13-28(14-4-1)31-25-37(29-15-5-2-6-16-29)44-41(27-31)46-39-22-12-10-20-35(39)36-24-23-30-26-40-34-19-8-7-17-32(34)33-18-9-11-21-38(33)45(40)42(30)43(36)46/h1-27H. The SMILES string of the molecule is c1ccc(-c2cc(-c3ccccc3)nc(-n3c4ccccc4c4ccc5cc6c7ccccc7c7ccccc7n6c5c43)c2)cc1. The lowest BCUT2D eigenvalue weighted by Gasteiger charge is -2.14. The molecule has 0 spiro atoms. The lowest BCUT2D eigenvalue weighted by molar-refractivity contribution is 1.08. The van der Waals surface area contributed by atoms with Gasteiger partial charge in [-0.15, -0.1) is 0 Å². The van der Waals surface area contributed by atoms with Gasteiger partial charge in [-0.2, -0.15) is 0 Å². The van der Waals surface area contributed by atoms with Crippen LogP contribution in [0.4, 0.5) is 0 Å². The topological polar surface area (TPSA) is 22.2 Å². The third-order valence-corrected chi connectivity index (χ3v) is 9.45. The summed E-state index contributed by atoms with van der Waals surface area (Å²) in [5.41, 5.74) is 10.3. The molecule has 0 amide bonds. The second-order valence-corrected chi connectivity index (χ2v) is 12.0. The Labute approximate surface area is 265 Å². The van der Waals surface area contributed by atoms with E-state index in [9.17, 15) is 0 Å². The molecule has 0 aliphatic heterocycles. The molecule has 0 N–H and O–H groups in total. The molecule has 214 valence electrons. The molecule has 3 heteroatoms. The van der Waals surface area contributed by atoms with Crippen molar-refractivity contribution in [3.63, 3.8) is 0 Å². The van der Waals surface area contributed by atoms with Crippen molar-refractivity contribution < 1.29 is 0 Å². The molecule has 0 radical (unpaired) electrons. The van der Waals surface area contributed by atoms with E-state index >= 15 is 0 Å². The van der Waals surface area contributed by atoms with E-state index in [1.807, 2.05) is 0 Å². The number of hydrogen-bond acceptors (Lipinski definition) is 1. The normalized spacial score (nSPS) is 11.9. The molecule has 0 saturated carbocycles. The van der Waals surface area contributed by atoms with Crippen LogP contribution >= 0.6 is 0 Å². The summed E-state index contributed by atoms with van der Waals surface area (Å²) in [6.07, 6.45) is 0. The molecule has 0 unspecified atom stereocenters. The van der Waals surface area contributed by atoms with Crippen LogP contribution in [0.3, 0.4) is 0 Å². The highest BCUT2D eigenvalue weighted by atomic mass is 15.1. The van der Waals surface area contributed by atoms with Gasteiger partial charge in [0.25, 0.3) is 0 Å². The molecule has 10 rings (SSSR count). The Bertz CT molecular complexity index is 2730. The maximum absolute atomic E-state index is 5.41. The van der Waals surface area contributed by atoms with Gasteiger partial charge in [0.1, 0.15) is 5.82 Å². The summed E-state index contributed by atoms with van der Waals surface area (Å²) in [7, 11) is 0. The quantitative estimate of drug-likeness (QED) is 0.189. The smallest absolute Gasteiger partial charge is 0.138 e. The van der Waals surface area contributed by atoms with Crippen LogP contribution in [0.25, 0.3) is 88.1 Å². The molecule has 0 bridgehead atoms. The van der Waals surface area contributed by atoms with Crippen molar-refractivity contribution in [1.82, 2.24) is 14.0 Å². The molecule has 0 fully saturated rings. The number of aromatic nitrogens is 3. The summed E-state index contributed by atoms with van der Waals surface area (Å²) < 4.78 is 4.87. The fourth-order valence-corrected chi connectivity index (χ4v) is 7.45. The molecule has 4 aromatic heterocycles. The van der Waals surface area contributed by atoms with Crippen molar-refractivity contribution in [2.75, 3.05) is 0 Å². The van der Waals surface area contributed by atoms with Gasteiger partial charge in [0.15, 0.2) is 0 Å². The van der Waals surface area contributed by atoms with Crippen LogP contribution in [0.2, 0.25) is 0 Å². The number of hydrogen-bond donors (Lipinski definition) is 0. The lowest BCUT2D eigenvalue weighted by Crippen LogP contribution is -2.01. The minimum Gasteiger partial charge on any atom is -0.307 e. The van der Waals surface area contributed by atoms with Gasteiger partial charge in [-0.1, -0.05) is 133 Å². The van der Waals surface area contributed by atoms with E-state index in [1.165, 1.54) is 54.4 Å². The maximum atomic E-state index is 5.41. The van der Waals surface area contributed by atoms with Crippen LogP contribution in [0.1, 0.15) is 0 Å². The molecule has 0 atom stereocenters.